The number of carbonyl (C=O) groups excluding carboxylic acids is 1. The Labute approximate surface area is 163 Å². The highest BCUT2D eigenvalue weighted by Gasteiger charge is 2.19. The quantitative estimate of drug-likeness (QED) is 0.648. The van der Waals surface area contributed by atoms with Crippen molar-refractivity contribution >= 4 is 38.3 Å². The lowest BCUT2D eigenvalue weighted by atomic mass is 10.1. The smallest absolute Gasteiger partial charge is 0.259 e. The minimum atomic E-state index is -3.36. The van der Waals surface area contributed by atoms with Crippen molar-refractivity contribution in [2.45, 2.75) is 20.8 Å². The summed E-state index contributed by atoms with van der Waals surface area (Å²) < 4.78 is 36.9. The molecule has 0 saturated carbocycles. The third kappa shape index (κ3) is 3.96. The number of fused-ring (bicyclic) bond motifs is 1. The van der Waals surface area contributed by atoms with Gasteiger partial charge in [0.1, 0.15) is 17.1 Å². The lowest BCUT2D eigenvalue weighted by Gasteiger charge is -2.12. The number of aryl methyl sites for hydroxylation is 2. The highest BCUT2D eigenvalue weighted by atomic mass is 32.2. The molecule has 0 fully saturated rings. The first kappa shape index (κ1) is 19.8. The number of ether oxygens (including phenoxy) is 1. The zero-order valence-corrected chi connectivity index (χ0v) is 16.9. The summed E-state index contributed by atoms with van der Waals surface area (Å²) in [5.74, 6) is 0.808. The molecule has 148 valence electrons. The summed E-state index contributed by atoms with van der Waals surface area (Å²) in [6, 6.07) is 10.3. The van der Waals surface area contributed by atoms with Gasteiger partial charge in [-0.2, -0.15) is 0 Å². The van der Waals surface area contributed by atoms with E-state index in [2.05, 4.69) is 10.0 Å². The molecule has 1 amide bonds. The monoisotopic (exact) mass is 402 g/mol. The van der Waals surface area contributed by atoms with Gasteiger partial charge in [0.25, 0.3) is 5.91 Å². The molecule has 0 aliphatic carbocycles. The van der Waals surface area contributed by atoms with E-state index >= 15 is 0 Å². The van der Waals surface area contributed by atoms with Crippen molar-refractivity contribution in [2.75, 3.05) is 22.9 Å². The fraction of sp³-hybridized carbons (Fsp3) is 0.250. The van der Waals surface area contributed by atoms with Crippen LogP contribution in [0.2, 0.25) is 0 Å². The molecular formula is C20H22N2O5S. The van der Waals surface area contributed by atoms with Crippen LogP contribution in [0.4, 0.5) is 11.4 Å². The van der Waals surface area contributed by atoms with E-state index in [0.29, 0.717) is 45.0 Å². The predicted octanol–water partition coefficient (Wildman–Crippen LogP) is 4.07. The Kier molecular flexibility index (Phi) is 5.33. The Bertz CT molecular complexity index is 1150. The van der Waals surface area contributed by atoms with Crippen molar-refractivity contribution in [3.8, 4) is 5.75 Å². The number of hydrogen-bond donors (Lipinski definition) is 2. The molecule has 0 saturated heterocycles. The van der Waals surface area contributed by atoms with Crippen LogP contribution in [0, 0.1) is 13.8 Å². The molecule has 0 atom stereocenters. The van der Waals surface area contributed by atoms with Crippen LogP contribution < -0.4 is 14.8 Å². The third-order valence-corrected chi connectivity index (χ3v) is 5.72. The van der Waals surface area contributed by atoms with Crippen LogP contribution in [-0.2, 0) is 10.0 Å². The maximum atomic E-state index is 12.9. The second-order valence-corrected chi connectivity index (χ2v) is 8.40. The molecular weight excluding hydrogens is 380 g/mol. The molecule has 1 aromatic heterocycles. The zero-order chi connectivity index (χ0) is 20.5. The molecule has 0 radical (unpaired) electrons. The van der Waals surface area contributed by atoms with Crippen LogP contribution >= 0.6 is 0 Å². The van der Waals surface area contributed by atoms with Crippen LogP contribution in [0.3, 0.4) is 0 Å². The average molecular weight is 402 g/mol. The van der Waals surface area contributed by atoms with Gasteiger partial charge in [0.2, 0.25) is 10.0 Å². The fourth-order valence-electron chi connectivity index (χ4n) is 2.90. The van der Waals surface area contributed by atoms with Gasteiger partial charge in [-0.3, -0.25) is 9.52 Å². The molecule has 0 unspecified atom stereocenters. The highest BCUT2D eigenvalue weighted by molar-refractivity contribution is 7.92. The summed E-state index contributed by atoms with van der Waals surface area (Å²) in [6.07, 6.45) is 0. The molecule has 2 aromatic carbocycles. The number of anilines is 2. The maximum absolute atomic E-state index is 12.9. The van der Waals surface area contributed by atoms with Gasteiger partial charge < -0.3 is 14.5 Å². The Morgan fingerprint density at radius 1 is 1.14 bits per heavy atom. The summed E-state index contributed by atoms with van der Waals surface area (Å²) in [6.45, 7) is 5.07. The van der Waals surface area contributed by atoms with Crippen molar-refractivity contribution in [3.63, 3.8) is 0 Å². The van der Waals surface area contributed by atoms with Gasteiger partial charge in [-0.25, -0.2) is 8.42 Å². The molecule has 0 bridgehead atoms. The molecule has 1 heterocycles. The standard InChI is InChI=1S/C20H22N2O5S/c1-5-28(24,25)22-17-8-6-14(10-12(17)2)21-20(23)19-13(3)27-18-9-7-15(26-4)11-16(18)19/h6-11,22H,5H2,1-4H3,(H,21,23). The van der Waals surface area contributed by atoms with Gasteiger partial charge in [-0.1, -0.05) is 0 Å². The van der Waals surface area contributed by atoms with Crippen molar-refractivity contribution in [1.29, 1.82) is 0 Å². The molecule has 0 spiro atoms. The van der Waals surface area contributed by atoms with Crippen LogP contribution in [0.5, 0.6) is 5.75 Å². The van der Waals surface area contributed by atoms with E-state index in [-0.39, 0.29) is 11.7 Å². The summed E-state index contributed by atoms with van der Waals surface area (Å²) in [5.41, 5.74) is 2.77. The minimum absolute atomic E-state index is 0.0127. The lowest BCUT2D eigenvalue weighted by Crippen LogP contribution is -2.16. The summed E-state index contributed by atoms with van der Waals surface area (Å²) in [5, 5.41) is 3.51. The van der Waals surface area contributed by atoms with E-state index in [1.54, 1.807) is 64.3 Å². The van der Waals surface area contributed by atoms with Crippen LogP contribution in [0.1, 0.15) is 28.6 Å². The van der Waals surface area contributed by atoms with Crippen LogP contribution in [0.25, 0.3) is 11.0 Å². The van der Waals surface area contributed by atoms with Crippen molar-refractivity contribution in [2.24, 2.45) is 0 Å². The van der Waals surface area contributed by atoms with E-state index in [1.807, 2.05) is 0 Å². The second-order valence-electron chi connectivity index (χ2n) is 6.38. The number of sulfonamides is 1. The first-order valence-corrected chi connectivity index (χ1v) is 10.4. The number of nitrogens with one attached hydrogen (secondary N) is 2. The zero-order valence-electron chi connectivity index (χ0n) is 16.1. The topological polar surface area (TPSA) is 97.6 Å². The van der Waals surface area contributed by atoms with Crippen LogP contribution in [-0.4, -0.2) is 27.2 Å². The average Bonchev–Trinajstić information content (AvgIpc) is 2.98. The molecule has 3 aromatic rings. The number of hydrogen-bond acceptors (Lipinski definition) is 5. The lowest BCUT2D eigenvalue weighted by molar-refractivity contribution is 0.102. The van der Waals surface area contributed by atoms with Crippen LogP contribution in [0.15, 0.2) is 40.8 Å². The van der Waals surface area contributed by atoms with Gasteiger partial charge >= 0.3 is 0 Å². The number of rotatable bonds is 6. The molecule has 28 heavy (non-hydrogen) atoms. The molecule has 0 aliphatic heterocycles. The summed E-state index contributed by atoms with van der Waals surface area (Å²) in [7, 11) is -1.80. The van der Waals surface area contributed by atoms with Crippen molar-refractivity contribution < 1.29 is 22.4 Å². The Balaban J connectivity index is 1.88. The van der Waals surface area contributed by atoms with Crippen molar-refractivity contribution in [1.82, 2.24) is 0 Å². The Morgan fingerprint density at radius 2 is 1.89 bits per heavy atom. The number of amides is 1. The molecule has 2 N–H and O–H groups in total. The first-order valence-electron chi connectivity index (χ1n) is 8.73. The second kappa shape index (κ2) is 7.55. The maximum Gasteiger partial charge on any atom is 0.259 e. The molecule has 3 rings (SSSR count). The van der Waals surface area contributed by atoms with Gasteiger partial charge in [0, 0.05) is 11.1 Å². The number of carbonyl (C=O) groups is 1. The first-order chi connectivity index (χ1) is 13.2. The van der Waals surface area contributed by atoms with Gasteiger partial charge in [-0.05, 0) is 62.7 Å². The van der Waals surface area contributed by atoms with E-state index in [4.69, 9.17) is 9.15 Å². The molecule has 8 heteroatoms. The van der Waals surface area contributed by atoms with E-state index in [1.165, 1.54) is 0 Å². The van der Waals surface area contributed by atoms with Crippen molar-refractivity contribution in [3.05, 3.63) is 53.3 Å². The number of furan rings is 1. The largest absolute Gasteiger partial charge is 0.497 e. The van der Waals surface area contributed by atoms with E-state index < -0.39 is 10.0 Å². The normalized spacial score (nSPS) is 11.4. The summed E-state index contributed by atoms with van der Waals surface area (Å²) in [4.78, 5) is 12.9. The third-order valence-electron chi connectivity index (χ3n) is 4.43. The molecule has 0 aliphatic rings. The van der Waals surface area contributed by atoms with Gasteiger partial charge in [-0.15, -0.1) is 0 Å². The number of benzene rings is 2. The van der Waals surface area contributed by atoms with E-state index in [9.17, 15) is 13.2 Å². The summed E-state index contributed by atoms with van der Waals surface area (Å²) >= 11 is 0. The van der Waals surface area contributed by atoms with Gasteiger partial charge in [0.15, 0.2) is 0 Å². The Morgan fingerprint density at radius 3 is 2.54 bits per heavy atom. The van der Waals surface area contributed by atoms with Gasteiger partial charge in [0.05, 0.1) is 24.1 Å². The highest BCUT2D eigenvalue weighted by Crippen LogP contribution is 2.30. The minimum Gasteiger partial charge on any atom is -0.497 e. The fourth-order valence-corrected chi connectivity index (χ4v) is 3.61. The predicted molar refractivity (Wildman–Crippen MR) is 110 cm³/mol. The SMILES string of the molecule is CCS(=O)(=O)Nc1ccc(NC(=O)c2c(C)oc3ccc(OC)cc23)cc1C. The number of methoxy groups -OCH3 is 1. The molecule has 7 nitrogen and oxygen atoms in total. The Hall–Kier alpha value is -3.00. The van der Waals surface area contributed by atoms with E-state index in [0.717, 1.165) is 0 Å².